The third kappa shape index (κ3) is 3.16. The maximum atomic E-state index is 12.6. The van der Waals surface area contributed by atoms with Gasteiger partial charge in [-0.2, -0.15) is 0 Å². The highest BCUT2D eigenvalue weighted by Gasteiger charge is 2.18. The van der Waals surface area contributed by atoms with Crippen molar-refractivity contribution in [3.05, 3.63) is 43.3 Å². The highest BCUT2D eigenvalue weighted by molar-refractivity contribution is 9.10. The number of methoxy groups -OCH3 is 1. The highest BCUT2D eigenvalue weighted by atomic mass is 79.9. The van der Waals surface area contributed by atoms with Crippen LogP contribution < -0.4 is 10.2 Å². The molecule has 0 saturated carbocycles. The van der Waals surface area contributed by atoms with Crippen molar-refractivity contribution < 1.29 is 13.9 Å². The van der Waals surface area contributed by atoms with Gasteiger partial charge in [0.15, 0.2) is 5.58 Å². The van der Waals surface area contributed by atoms with E-state index in [9.17, 15) is 9.59 Å². The van der Waals surface area contributed by atoms with Crippen molar-refractivity contribution in [1.82, 2.24) is 9.97 Å². The molecule has 0 saturated heterocycles. The van der Waals surface area contributed by atoms with E-state index in [1.54, 1.807) is 19.2 Å². The van der Waals surface area contributed by atoms with Crippen LogP contribution in [0, 0.1) is 5.92 Å². The zero-order valence-electron chi connectivity index (χ0n) is 15.5. The number of carbonyl (C=O) groups excluding carboxylic acids is 1. The van der Waals surface area contributed by atoms with Crippen LogP contribution >= 0.6 is 27.3 Å². The van der Waals surface area contributed by atoms with Gasteiger partial charge in [0.05, 0.1) is 40.3 Å². The number of halogens is 1. The molecule has 4 rings (SSSR count). The van der Waals surface area contributed by atoms with Gasteiger partial charge in [0, 0.05) is 17.4 Å². The Balaban J connectivity index is 1.85. The minimum Gasteiger partial charge on any atom is -0.496 e. The summed E-state index contributed by atoms with van der Waals surface area (Å²) in [5.41, 5.74) is 2.38. The molecule has 3 heterocycles. The number of aromatic amines is 1. The number of Topliss-reactive ketones (excluding diaryl/α,β-unsaturated/α-hetero) is 1. The second-order valence-corrected chi connectivity index (χ2v) is 8.47. The molecule has 3 aromatic heterocycles. The molecule has 0 fully saturated rings. The molecule has 0 atom stereocenters. The molecule has 1 N–H and O–H groups in total. The van der Waals surface area contributed by atoms with Crippen LogP contribution in [-0.4, -0.2) is 22.9 Å². The summed E-state index contributed by atoms with van der Waals surface area (Å²) in [6.45, 7) is 3.75. The predicted molar refractivity (Wildman–Crippen MR) is 113 cm³/mol. The Morgan fingerprint density at radius 3 is 2.89 bits per heavy atom. The fraction of sp³-hybridized carbons (Fsp3) is 0.250. The number of ether oxygens (including phenoxy) is 1. The Kier molecular flexibility index (Phi) is 4.84. The van der Waals surface area contributed by atoms with Crippen molar-refractivity contribution in [3.8, 4) is 17.1 Å². The SMILES string of the molecule is COc1ccc2oc3c(=O)cc(-c4csc(CC(=O)C(C)C)n4)[nH]c3c2c1Br. The molecule has 0 aliphatic heterocycles. The van der Waals surface area contributed by atoms with E-state index in [0.29, 0.717) is 39.1 Å². The summed E-state index contributed by atoms with van der Waals surface area (Å²) in [5.74, 6) is 0.749. The molecule has 0 amide bonds. The van der Waals surface area contributed by atoms with Gasteiger partial charge in [-0.1, -0.05) is 13.8 Å². The number of nitrogens with zero attached hydrogens (tertiary/aromatic N) is 1. The number of furan rings is 1. The Morgan fingerprint density at radius 1 is 1.39 bits per heavy atom. The Labute approximate surface area is 172 Å². The average Bonchev–Trinajstić information content (AvgIpc) is 3.27. The number of carbonyl (C=O) groups is 1. The number of thiazole rings is 1. The predicted octanol–water partition coefficient (Wildman–Crippen LogP) is 4.94. The van der Waals surface area contributed by atoms with Crippen molar-refractivity contribution in [3.63, 3.8) is 0 Å². The monoisotopic (exact) mass is 460 g/mol. The molecule has 0 unspecified atom stereocenters. The second-order valence-electron chi connectivity index (χ2n) is 6.73. The van der Waals surface area contributed by atoms with Crippen molar-refractivity contribution >= 4 is 55.1 Å². The smallest absolute Gasteiger partial charge is 0.225 e. The summed E-state index contributed by atoms with van der Waals surface area (Å²) in [7, 11) is 1.58. The lowest BCUT2D eigenvalue weighted by molar-refractivity contribution is -0.121. The van der Waals surface area contributed by atoms with Gasteiger partial charge >= 0.3 is 0 Å². The van der Waals surface area contributed by atoms with E-state index >= 15 is 0 Å². The van der Waals surface area contributed by atoms with Crippen LogP contribution in [0.5, 0.6) is 5.75 Å². The molecule has 4 aromatic rings. The fourth-order valence-electron chi connectivity index (χ4n) is 2.96. The van der Waals surface area contributed by atoms with Crippen LogP contribution in [0.3, 0.4) is 0 Å². The average molecular weight is 461 g/mol. The number of nitrogens with one attached hydrogen (secondary N) is 1. The second kappa shape index (κ2) is 7.18. The van der Waals surface area contributed by atoms with Gasteiger partial charge in [-0.3, -0.25) is 9.59 Å². The molecule has 8 heteroatoms. The molecular weight excluding hydrogens is 444 g/mol. The lowest BCUT2D eigenvalue weighted by atomic mass is 10.1. The van der Waals surface area contributed by atoms with E-state index in [-0.39, 0.29) is 22.7 Å². The van der Waals surface area contributed by atoms with Crippen LogP contribution in [0.15, 0.2) is 37.3 Å². The first kappa shape index (κ1) is 18.9. The van der Waals surface area contributed by atoms with Gasteiger partial charge in [0.2, 0.25) is 5.43 Å². The molecule has 28 heavy (non-hydrogen) atoms. The number of hydrogen-bond acceptors (Lipinski definition) is 6. The number of rotatable bonds is 5. The summed E-state index contributed by atoms with van der Waals surface area (Å²) >= 11 is 4.94. The van der Waals surface area contributed by atoms with Gasteiger partial charge in [0.1, 0.15) is 22.1 Å². The molecule has 0 aliphatic carbocycles. The molecule has 6 nitrogen and oxygen atoms in total. The first-order valence-electron chi connectivity index (χ1n) is 8.68. The van der Waals surface area contributed by atoms with Gasteiger partial charge in [-0.05, 0) is 28.1 Å². The van der Waals surface area contributed by atoms with E-state index in [4.69, 9.17) is 9.15 Å². The quantitative estimate of drug-likeness (QED) is 0.455. The number of aromatic nitrogens is 2. The maximum Gasteiger partial charge on any atom is 0.225 e. The normalized spacial score (nSPS) is 11.6. The van der Waals surface area contributed by atoms with E-state index in [2.05, 4.69) is 25.9 Å². The minimum absolute atomic E-state index is 0.0341. The topological polar surface area (TPSA) is 85.2 Å². The van der Waals surface area contributed by atoms with Gasteiger partial charge < -0.3 is 14.1 Å². The number of pyridine rings is 1. The van der Waals surface area contributed by atoms with E-state index < -0.39 is 0 Å². The summed E-state index contributed by atoms with van der Waals surface area (Å²) in [6, 6.07) is 5.02. The Morgan fingerprint density at radius 2 is 2.18 bits per heavy atom. The number of benzene rings is 1. The lowest BCUT2D eigenvalue weighted by Gasteiger charge is -2.03. The number of fused-ring (bicyclic) bond motifs is 3. The van der Waals surface area contributed by atoms with Gasteiger partial charge in [-0.25, -0.2) is 4.98 Å². The number of hydrogen-bond donors (Lipinski definition) is 1. The molecule has 0 aliphatic rings. The van der Waals surface area contributed by atoms with Crippen LogP contribution in [0.25, 0.3) is 33.5 Å². The van der Waals surface area contributed by atoms with Crippen molar-refractivity contribution in [2.24, 2.45) is 5.92 Å². The van der Waals surface area contributed by atoms with Crippen molar-refractivity contribution in [1.29, 1.82) is 0 Å². The number of ketones is 1. The van der Waals surface area contributed by atoms with Crippen LogP contribution in [0.4, 0.5) is 0 Å². The minimum atomic E-state index is -0.237. The molecule has 144 valence electrons. The highest BCUT2D eigenvalue weighted by Crippen LogP contribution is 2.38. The maximum absolute atomic E-state index is 12.6. The first-order chi connectivity index (χ1) is 13.4. The zero-order chi connectivity index (χ0) is 20.0. The molecular formula is C20H17BrN2O4S. The van der Waals surface area contributed by atoms with Crippen LogP contribution in [0.1, 0.15) is 18.9 Å². The van der Waals surface area contributed by atoms with Gasteiger partial charge in [-0.15, -0.1) is 11.3 Å². The number of H-pyrrole nitrogens is 1. The summed E-state index contributed by atoms with van der Waals surface area (Å²) in [4.78, 5) is 32.4. The van der Waals surface area contributed by atoms with Crippen molar-refractivity contribution in [2.45, 2.75) is 20.3 Å². The van der Waals surface area contributed by atoms with Crippen LogP contribution in [0.2, 0.25) is 0 Å². The first-order valence-corrected chi connectivity index (χ1v) is 10.4. The molecule has 0 spiro atoms. The summed E-state index contributed by atoms with van der Waals surface area (Å²) < 4.78 is 11.8. The van der Waals surface area contributed by atoms with Crippen LogP contribution in [-0.2, 0) is 11.2 Å². The van der Waals surface area contributed by atoms with E-state index in [1.165, 1.54) is 17.4 Å². The Bertz CT molecular complexity index is 1270. The van der Waals surface area contributed by atoms with Crippen molar-refractivity contribution in [2.75, 3.05) is 7.11 Å². The standard InChI is InChI=1S/C20H17BrN2O4S/c1-9(2)12(24)7-16-22-11(8-28-16)10-6-13(25)20-19(23-10)17-14(27-20)4-5-15(26-3)18(17)21/h4-6,8-9H,7H2,1-3H3,(H,23,25). The van der Waals surface area contributed by atoms with E-state index in [0.717, 1.165) is 10.4 Å². The molecule has 0 radical (unpaired) electrons. The largest absolute Gasteiger partial charge is 0.496 e. The van der Waals surface area contributed by atoms with E-state index in [1.807, 2.05) is 19.2 Å². The third-order valence-corrected chi connectivity index (χ3v) is 6.17. The van der Waals surface area contributed by atoms with Gasteiger partial charge in [0.25, 0.3) is 0 Å². The summed E-state index contributed by atoms with van der Waals surface area (Å²) in [5, 5.41) is 3.31. The lowest BCUT2D eigenvalue weighted by Crippen LogP contribution is -2.09. The Hall–Kier alpha value is -2.45. The molecule has 0 bridgehead atoms. The molecule has 1 aromatic carbocycles. The third-order valence-electron chi connectivity index (χ3n) is 4.53. The summed E-state index contributed by atoms with van der Waals surface area (Å²) in [6.07, 6.45) is 0.298. The zero-order valence-corrected chi connectivity index (χ0v) is 17.9. The fourth-order valence-corrected chi connectivity index (χ4v) is 4.45.